The van der Waals surface area contributed by atoms with Gasteiger partial charge in [0, 0.05) is 20.0 Å². The van der Waals surface area contributed by atoms with Gasteiger partial charge in [0.1, 0.15) is 0 Å². The van der Waals surface area contributed by atoms with Crippen molar-refractivity contribution in [3.63, 3.8) is 0 Å². The third-order valence-corrected chi connectivity index (χ3v) is 4.56. The maximum atomic E-state index is 11.3. The van der Waals surface area contributed by atoms with Gasteiger partial charge in [-0.05, 0) is 25.8 Å². The molecule has 5 heteroatoms. The number of allylic oxidation sites excluding steroid dienone is 2. The number of aliphatic carboxylic acids is 1. The average Bonchev–Trinajstić information content (AvgIpc) is 2.62. The molecule has 0 spiro atoms. The molecule has 0 bridgehead atoms. The van der Waals surface area contributed by atoms with E-state index in [-0.39, 0.29) is 17.9 Å². The number of methoxy groups -OCH3 is 1. The van der Waals surface area contributed by atoms with E-state index in [1.165, 1.54) is 12.5 Å². The average molecular weight is 373 g/mol. The van der Waals surface area contributed by atoms with Crippen molar-refractivity contribution < 1.29 is 19.4 Å². The zero-order chi connectivity index (χ0) is 20.4. The molecule has 1 aromatic rings. The number of rotatable bonds is 10. The van der Waals surface area contributed by atoms with Gasteiger partial charge >= 0.3 is 5.97 Å². The predicted octanol–water partition coefficient (Wildman–Crippen LogP) is 3.61. The molecule has 5 nitrogen and oxygen atoms in total. The first-order valence-electron chi connectivity index (χ1n) is 9.17. The number of ether oxygens (including phenoxy) is 1. The number of carbonyl (C=O) groups excluding carboxylic acids is 1. The summed E-state index contributed by atoms with van der Waals surface area (Å²) in [5.74, 6) is -1.73. The summed E-state index contributed by atoms with van der Waals surface area (Å²) >= 11 is 0. The third kappa shape index (κ3) is 8.22. The molecule has 0 aliphatic heterocycles. The van der Waals surface area contributed by atoms with E-state index >= 15 is 0 Å². The lowest BCUT2D eigenvalue weighted by molar-refractivity contribution is -0.141. The lowest BCUT2D eigenvalue weighted by atomic mass is 9.95. The summed E-state index contributed by atoms with van der Waals surface area (Å²) < 4.78 is 5.66. The van der Waals surface area contributed by atoms with Crippen molar-refractivity contribution in [1.82, 2.24) is 5.32 Å². The SMILES string of the molecule is CO[C@@H](Cc1ccccc1)[C@@H](C)/C=C(C)/C=C/[C@H](NC(C)=O)[C@H](C)C(=O)O. The summed E-state index contributed by atoms with van der Waals surface area (Å²) in [4.78, 5) is 22.6. The minimum absolute atomic E-state index is 0.0415. The van der Waals surface area contributed by atoms with Gasteiger partial charge in [-0.15, -0.1) is 0 Å². The van der Waals surface area contributed by atoms with E-state index in [0.29, 0.717) is 0 Å². The standard InChI is InChI=1S/C22H31NO4/c1-15(11-12-20(23-18(4)24)17(3)22(25)26)13-16(2)21(27-5)14-19-9-7-6-8-10-19/h6-13,16-17,20-21H,14H2,1-5H3,(H,23,24)(H,25,26)/b12-11+,15-13+/t16-,17-,20-,21-/m0/s1. The maximum Gasteiger partial charge on any atom is 0.308 e. The topological polar surface area (TPSA) is 75.6 Å². The van der Waals surface area contributed by atoms with Crippen LogP contribution in [0.5, 0.6) is 0 Å². The van der Waals surface area contributed by atoms with E-state index in [1.54, 1.807) is 20.1 Å². The quantitative estimate of drug-likeness (QED) is 0.614. The van der Waals surface area contributed by atoms with Crippen LogP contribution in [0.1, 0.15) is 33.3 Å². The molecule has 1 aromatic carbocycles. The Morgan fingerprint density at radius 3 is 2.33 bits per heavy atom. The van der Waals surface area contributed by atoms with E-state index < -0.39 is 17.9 Å². The molecule has 0 saturated heterocycles. The summed E-state index contributed by atoms with van der Waals surface area (Å²) in [5, 5.41) is 11.9. The van der Waals surface area contributed by atoms with Gasteiger partial charge < -0.3 is 15.2 Å². The number of carboxylic acid groups (broad SMARTS) is 1. The molecule has 1 rings (SSSR count). The normalized spacial score (nSPS) is 16.6. The zero-order valence-corrected chi connectivity index (χ0v) is 16.8. The summed E-state index contributed by atoms with van der Waals surface area (Å²) in [6.07, 6.45) is 6.55. The minimum Gasteiger partial charge on any atom is -0.481 e. The number of hydrogen-bond donors (Lipinski definition) is 2. The Hall–Kier alpha value is -2.40. The highest BCUT2D eigenvalue weighted by Crippen LogP contribution is 2.17. The van der Waals surface area contributed by atoms with Crippen LogP contribution >= 0.6 is 0 Å². The molecule has 148 valence electrons. The number of benzene rings is 1. The van der Waals surface area contributed by atoms with Crippen LogP contribution in [-0.2, 0) is 20.7 Å². The molecule has 1 amide bonds. The van der Waals surface area contributed by atoms with Gasteiger partial charge in [0.25, 0.3) is 0 Å². The second-order valence-electron chi connectivity index (χ2n) is 6.95. The number of hydrogen-bond acceptors (Lipinski definition) is 3. The van der Waals surface area contributed by atoms with Crippen molar-refractivity contribution in [2.45, 2.75) is 46.3 Å². The Labute approximate surface area is 162 Å². The molecule has 4 atom stereocenters. The van der Waals surface area contributed by atoms with Gasteiger partial charge in [-0.25, -0.2) is 0 Å². The zero-order valence-electron chi connectivity index (χ0n) is 16.8. The van der Waals surface area contributed by atoms with Crippen LogP contribution in [0.15, 0.2) is 54.1 Å². The monoisotopic (exact) mass is 373 g/mol. The molecule has 0 aliphatic carbocycles. The second-order valence-corrected chi connectivity index (χ2v) is 6.95. The van der Waals surface area contributed by atoms with Gasteiger partial charge in [0.2, 0.25) is 5.91 Å². The Bertz CT molecular complexity index is 666. The number of nitrogens with one attached hydrogen (secondary N) is 1. The van der Waals surface area contributed by atoms with Crippen molar-refractivity contribution >= 4 is 11.9 Å². The first-order valence-corrected chi connectivity index (χ1v) is 9.17. The molecule has 0 heterocycles. The van der Waals surface area contributed by atoms with Crippen molar-refractivity contribution in [2.24, 2.45) is 11.8 Å². The molecule has 0 unspecified atom stereocenters. The maximum absolute atomic E-state index is 11.3. The number of carboxylic acids is 1. The van der Waals surface area contributed by atoms with Crippen LogP contribution in [0, 0.1) is 11.8 Å². The fraction of sp³-hybridized carbons (Fsp3) is 0.455. The van der Waals surface area contributed by atoms with Gasteiger partial charge in [0.15, 0.2) is 0 Å². The van der Waals surface area contributed by atoms with Crippen molar-refractivity contribution in [3.8, 4) is 0 Å². The van der Waals surface area contributed by atoms with E-state index in [1.807, 2.05) is 31.2 Å². The van der Waals surface area contributed by atoms with Gasteiger partial charge in [-0.2, -0.15) is 0 Å². The lowest BCUT2D eigenvalue weighted by Crippen LogP contribution is -2.39. The molecule has 0 fully saturated rings. The fourth-order valence-corrected chi connectivity index (χ4v) is 2.89. The van der Waals surface area contributed by atoms with Crippen LogP contribution in [0.25, 0.3) is 0 Å². The van der Waals surface area contributed by atoms with Crippen LogP contribution in [0.3, 0.4) is 0 Å². The Kier molecular flexibility index (Phi) is 9.51. The van der Waals surface area contributed by atoms with Gasteiger partial charge in [0.05, 0.1) is 18.1 Å². The molecule has 0 radical (unpaired) electrons. The molecule has 0 aliphatic rings. The van der Waals surface area contributed by atoms with Crippen LogP contribution < -0.4 is 5.32 Å². The molecule has 0 saturated carbocycles. The van der Waals surface area contributed by atoms with Gasteiger partial charge in [-0.1, -0.05) is 61.1 Å². The molecular formula is C22H31NO4. The Morgan fingerprint density at radius 2 is 1.81 bits per heavy atom. The summed E-state index contributed by atoms with van der Waals surface area (Å²) in [5.41, 5.74) is 2.21. The largest absolute Gasteiger partial charge is 0.481 e. The Balaban J connectivity index is 2.82. The number of carbonyl (C=O) groups is 2. The van der Waals surface area contributed by atoms with Crippen molar-refractivity contribution in [2.75, 3.05) is 7.11 Å². The van der Waals surface area contributed by atoms with Crippen LogP contribution in [-0.4, -0.2) is 36.2 Å². The predicted molar refractivity (Wildman–Crippen MR) is 107 cm³/mol. The van der Waals surface area contributed by atoms with Crippen molar-refractivity contribution in [3.05, 3.63) is 59.7 Å². The molecule has 0 aromatic heterocycles. The first-order chi connectivity index (χ1) is 12.7. The first kappa shape index (κ1) is 22.6. The van der Waals surface area contributed by atoms with E-state index in [4.69, 9.17) is 4.74 Å². The van der Waals surface area contributed by atoms with E-state index in [0.717, 1.165) is 12.0 Å². The van der Waals surface area contributed by atoms with E-state index in [2.05, 4.69) is 30.4 Å². The minimum atomic E-state index is -0.948. The van der Waals surface area contributed by atoms with Crippen LogP contribution in [0.4, 0.5) is 0 Å². The summed E-state index contributed by atoms with van der Waals surface area (Å²) in [6.45, 7) is 7.01. The molecule has 2 N–H and O–H groups in total. The summed E-state index contributed by atoms with van der Waals surface area (Å²) in [7, 11) is 1.71. The third-order valence-electron chi connectivity index (χ3n) is 4.56. The number of amides is 1. The Morgan fingerprint density at radius 1 is 1.19 bits per heavy atom. The highest BCUT2D eigenvalue weighted by molar-refractivity contribution is 5.76. The molecular weight excluding hydrogens is 342 g/mol. The summed E-state index contributed by atoms with van der Waals surface area (Å²) in [6, 6.07) is 9.64. The smallest absolute Gasteiger partial charge is 0.308 e. The highest BCUT2D eigenvalue weighted by Gasteiger charge is 2.22. The lowest BCUT2D eigenvalue weighted by Gasteiger charge is -2.21. The second kappa shape index (κ2) is 11.3. The fourth-order valence-electron chi connectivity index (χ4n) is 2.89. The highest BCUT2D eigenvalue weighted by atomic mass is 16.5. The van der Waals surface area contributed by atoms with Gasteiger partial charge in [-0.3, -0.25) is 9.59 Å². The van der Waals surface area contributed by atoms with E-state index in [9.17, 15) is 14.7 Å². The van der Waals surface area contributed by atoms with Crippen molar-refractivity contribution in [1.29, 1.82) is 0 Å². The van der Waals surface area contributed by atoms with Crippen LogP contribution in [0.2, 0.25) is 0 Å². The molecule has 27 heavy (non-hydrogen) atoms.